The molecule has 2 amide bonds. The molecule has 0 spiro atoms. The first-order valence-corrected chi connectivity index (χ1v) is 10.3. The van der Waals surface area contributed by atoms with Gasteiger partial charge in [0.2, 0.25) is 0 Å². The molecule has 0 saturated carbocycles. The Bertz CT molecular complexity index is 815. The number of carbonyl (C=O) groups excluding carboxylic acids is 2. The highest BCUT2D eigenvalue weighted by atomic mass is 32.1. The minimum absolute atomic E-state index is 0.176. The standard InChI is InChI=1S/C21H25N3O2S/c1-2-3-10-24-20(26)17(19(25)22-21(24)27)13-14-11-15-6-4-8-23-9-5-7-16(12-14)18(15)23/h11-13H,2-10H2,1H3,(H,22,25,27)/b17-13-. The van der Waals surface area contributed by atoms with Crippen LogP contribution < -0.4 is 10.2 Å². The van der Waals surface area contributed by atoms with E-state index in [1.165, 1.54) is 21.7 Å². The van der Waals surface area contributed by atoms with Crippen LogP contribution in [0.5, 0.6) is 0 Å². The molecular formula is C21H25N3O2S. The van der Waals surface area contributed by atoms with E-state index in [9.17, 15) is 9.59 Å². The van der Waals surface area contributed by atoms with Crippen molar-refractivity contribution in [2.24, 2.45) is 0 Å². The summed E-state index contributed by atoms with van der Waals surface area (Å²) in [5, 5.41) is 2.88. The molecule has 3 aliphatic rings. The largest absolute Gasteiger partial charge is 0.371 e. The summed E-state index contributed by atoms with van der Waals surface area (Å²) < 4.78 is 0. The van der Waals surface area contributed by atoms with Gasteiger partial charge in [-0.3, -0.25) is 19.8 Å². The predicted molar refractivity (Wildman–Crippen MR) is 111 cm³/mol. The molecule has 1 fully saturated rings. The number of benzene rings is 1. The maximum absolute atomic E-state index is 12.9. The SMILES string of the molecule is CCCCN1C(=O)/C(=C\c2cc3c4c(c2)CCCN4CCC3)C(=O)NC1=S. The zero-order chi connectivity index (χ0) is 19.0. The molecule has 1 saturated heterocycles. The van der Waals surface area contributed by atoms with Crippen LogP contribution in [0.15, 0.2) is 17.7 Å². The number of unbranched alkanes of at least 4 members (excludes halogenated alkanes) is 1. The summed E-state index contributed by atoms with van der Waals surface area (Å²) in [6.07, 6.45) is 7.99. The molecule has 1 aromatic carbocycles. The highest BCUT2D eigenvalue weighted by Crippen LogP contribution is 2.36. The molecule has 1 N–H and O–H groups in total. The summed E-state index contributed by atoms with van der Waals surface area (Å²) in [6.45, 7) is 4.86. The van der Waals surface area contributed by atoms with Crippen LogP contribution in [0.1, 0.15) is 49.3 Å². The van der Waals surface area contributed by atoms with Gasteiger partial charge in [-0.25, -0.2) is 0 Å². The number of hydrogen-bond acceptors (Lipinski definition) is 4. The third kappa shape index (κ3) is 3.38. The van der Waals surface area contributed by atoms with Crippen molar-refractivity contribution in [3.8, 4) is 0 Å². The molecule has 142 valence electrons. The van der Waals surface area contributed by atoms with Gasteiger partial charge in [0.15, 0.2) is 5.11 Å². The van der Waals surface area contributed by atoms with E-state index in [0.29, 0.717) is 6.54 Å². The second kappa shape index (κ2) is 7.43. The number of anilines is 1. The molecule has 0 aliphatic carbocycles. The van der Waals surface area contributed by atoms with Crippen molar-refractivity contribution in [1.29, 1.82) is 0 Å². The first-order valence-electron chi connectivity index (χ1n) is 9.88. The van der Waals surface area contributed by atoms with Crippen LogP contribution in [0.2, 0.25) is 0 Å². The van der Waals surface area contributed by atoms with Gasteiger partial charge in [0.1, 0.15) is 5.57 Å². The molecule has 0 atom stereocenters. The fraction of sp³-hybridized carbons (Fsp3) is 0.476. The summed E-state index contributed by atoms with van der Waals surface area (Å²) >= 11 is 5.19. The number of aryl methyl sites for hydroxylation is 2. The number of hydrogen-bond donors (Lipinski definition) is 1. The monoisotopic (exact) mass is 383 g/mol. The van der Waals surface area contributed by atoms with Crippen LogP contribution in [0, 0.1) is 0 Å². The lowest BCUT2D eigenvalue weighted by molar-refractivity contribution is -0.128. The third-order valence-corrected chi connectivity index (χ3v) is 5.91. The molecule has 27 heavy (non-hydrogen) atoms. The van der Waals surface area contributed by atoms with Crippen LogP contribution in [-0.2, 0) is 22.4 Å². The smallest absolute Gasteiger partial charge is 0.265 e. The van der Waals surface area contributed by atoms with Gasteiger partial charge in [-0.05, 0) is 79.2 Å². The number of carbonyl (C=O) groups is 2. The number of nitrogens with one attached hydrogen (secondary N) is 1. The lowest BCUT2D eigenvalue weighted by Gasteiger charge is -2.37. The lowest BCUT2D eigenvalue weighted by Crippen LogP contribution is -2.54. The number of amides is 2. The summed E-state index contributed by atoms with van der Waals surface area (Å²) in [7, 11) is 0. The maximum Gasteiger partial charge on any atom is 0.265 e. The number of thiocarbonyl (C=S) groups is 1. The Hall–Kier alpha value is -2.21. The molecule has 6 heteroatoms. The summed E-state index contributed by atoms with van der Waals surface area (Å²) in [5.74, 6) is -0.684. The second-order valence-electron chi connectivity index (χ2n) is 7.51. The average Bonchev–Trinajstić information content (AvgIpc) is 2.65. The van der Waals surface area contributed by atoms with Gasteiger partial charge in [-0.1, -0.05) is 13.3 Å². The topological polar surface area (TPSA) is 52.7 Å². The van der Waals surface area contributed by atoms with E-state index in [2.05, 4.69) is 29.3 Å². The molecule has 3 aliphatic heterocycles. The lowest BCUT2D eigenvalue weighted by atomic mass is 9.89. The first kappa shape index (κ1) is 18.2. The Morgan fingerprint density at radius 3 is 2.44 bits per heavy atom. The minimum atomic E-state index is -0.397. The molecule has 4 rings (SSSR count). The van der Waals surface area contributed by atoms with Crippen molar-refractivity contribution < 1.29 is 9.59 Å². The maximum atomic E-state index is 12.9. The Labute approximate surface area is 165 Å². The Balaban J connectivity index is 1.69. The normalized spacial score (nSPS) is 20.8. The Kier molecular flexibility index (Phi) is 5.00. The van der Waals surface area contributed by atoms with Crippen molar-refractivity contribution in [1.82, 2.24) is 10.2 Å². The number of nitrogens with zero attached hydrogens (tertiary/aromatic N) is 2. The van der Waals surface area contributed by atoms with Crippen LogP contribution in [0.3, 0.4) is 0 Å². The van der Waals surface area contributed by atoms with Crippen LogP contribution in [-0.4, -0.2) is 41.5 Å². The Morgan fingerprint density at radius 2 is 1.81 bits per heavy atom. The quantitative estimate of drug-likeness (QED) is 0.494. The molecular weight excluding hydrogens is 358 g/mol. The van der Waals surface area contributed by atoms with E-state index in [0.717, 1.165) is 57.2 Å². The van der Waals surface area contributed by atoms with E-state index < -0.39 is 5.91 Å². The third-order valence-electron chi connectivity index (χ3n) is 5.59. The van der Waals surface area contributed by atoms with Crippen LogP contribution in [0.25, 0.3) is 6.08 Å². The van der Waals surface area contributed by atoms with Gasteiger partial charge < -0.3 is 4.90 Å². The average molecular weight is 384 g/mol. The van der Waals surface area contributed by atoms with E-state index >= 15 is 0 Å². The van der Waals surface area contributed by atoms with Gasteiger partial charge in [0, 0.05) is 25.3 Å². The summed E-state index contributed by atoms with van der Waals surface area (Å²) in [6, 6.07) is 4.29. The van der Waals surface area contributed by atoms with E-state index in [-0.39, 0.29) is 16.6 Å². The molecule has 3 heterocycles. The number of rotatable bonds is 4. The summed E-state index contributed by atoms with van der Waals surface area (Å²) in [5.41, 5.74) is 5.18. The van der Waals surface area contributed by atoms with Crippen molar-refractivity contribution in [3.05, 3.63) is 34.4 Å². The highest BCUT2D eigenvalue weighted by molar-refractivity contribution is 7.80. The molecule has 0 radical (unpaired) electrons. The highest BCUT2D eigenvalue weighted by Gasteiger charge is 2.33. The zero-order valence-corrected chi connectivity index (χ0v) is 16.5. The molecule has 0 aromatic heterocycles. The zero-order valence-electron chi connectivity index (χ0n) is 15.7. The van der Waals surface area contributed by atoms with Crippen molar-refractivity contribution in [2.75, 3.05) is 24.5 Å². The van der Waals surface area contributed by atoms with Crippen molar-refractivity contribution >= 4 is 40.9 Å². The van der Waals surface area contributed by atoms with Crippen molar-refractivity contribution in [2.45, 2.75) is 45.4 Å². The second-order valence-corrected chi connectivity index (χ2v) is 7.90. The van der Waals surface area contributed by atoms with Crippen molar-refractivity contribution in [3.63, 3.8) is 0 Å². The van der Waals surface area contributed by atoms with Gasteiger partial charge in [-0.15, -0.1) is 0 Å². The minimum Gasteiger partial charge on any atom is -0.371 e. The van der Waals surface area contributed by atoms with E-state index in [4.69, 9.17) is 12.2 Å². The van der Waals surface area contributed by atoms with E-state index in [1.54, 1.807) is 6.08 Å². The predicted octanol–water partition coefficient (Wildman–Crippen LogP) is 2.81. The van der Waals surface area contributed by atoms with Crippen LogP contribution in [0.4, 0.5) is 5.69 Å². The molecule has 0 bridgehead atoms. The van der Waals surface area contributed by atoms with Crippen LogP contribution >= 0.6 is 12.2 Å². The molecule has 0 unspecified atom stereocenters. The fourth-order valence-corrected chi connectivity index (χ4v) is 4.56. The van der Waals surface area contributed by atoms with Gasteiger partial charge in [0.05, 0.1) is 0 Å². The molecule has 5 nitrogen and oxygen atoms in total. The Morgan fingerprint density at radius 1 is 1.15 bits per heavy atom. The summed E-state index contributed by atoms with van der Waals surface area (Å²) in [4.78, 5) is 29.3. The molecule has 1 aromatic rings. The van der Waals surface area contributed by atoms with Gasteiger partial charge in [0.25, 0.3) is 11.8 Å². The van der Waals surface area contributed by atoms with Gasteiger partial charge >= 0.3 is 0 Å². The van der Waals surface area contributed by atoms with Gasteiger partial charge in [-0.2, -0.15) is 0 Å². The first-order chi connectivity index (χ1) is 13.1. The fourth-order valence-electron chi connectivity index (χ4n) is 4.29. The van der Waals surface area contributed by atoms with E-state index in [1.807, 2.05) is 0 Å².